The van der Waals surface area contributed by atoms with Gasteiger partial charge in [-0.3, -0.25) is 0 Å². The van der Waals surface area contributed by atoms with E-state index in [-0.39, 0.29) is 6.10 Å². The van der Waals surface area contributed by atoms with Crippen molar-refractivity contribution < 1.29 is 19.3 Å². The molecule has 1 fully saturated rings. The van der Waals surface area contributed by atoms with Gasteiger partial charge in [0.15, 0.2) is 11.5 Å². The summed E-state index contributed by atoms with van der Waals surface area (Å²) in [6, 6.07) is 3.54. The Kier molecular flexibility index (Phi) is 5.52. The molecular weight excluding hydrogens is 280 g/mol. The average molecular weight is 301 g/mol. The number of hydrogen-bond acceptors (Lipinski definition) is 4. The summed E-state index contributed by atoms with van der Waals surface area (Å²) in [5.41, 5.74) is 0.669. The third-order valence-electron chi connectivity index (χ3n) is 3.66. The molecule has 0 radical (unpaired) electrons. The summed E-state index contributed by atoms with van der Waals surface area (Å²) < 4.78 is 16.0. The van der Waals surface area contributed by atoms with Gasteiger partial charge in [-0.25, -0.2) is 0 Å². The molecule has 4 nitrogen and oxygen atoms in total. The monoisotopic (exact) mass is 300 g/mol. The smallest absolute Gasteiger partial charge is 0.179 e. The van der Waals surface area contributed by atoms with Crippen molar-refractivity contribution in [3.05, 3.63) is 22.7 Å². The van der Waals surface area contributed by atoms with Crippen molar-refractivity contribution in [2.45, 2.75) is 37.9 Å². The van der Waals surface area contributed by atoms with Crippen molar-refractivity contribution in [1.29, 1.82) is 0 Å². The Morgan fingerprint density at radius 1 is 1.40 bits per heavy atom. The number of rotatable bonds is 6. The van der Waals surface area contributed by atoms with Crippen LogP contribution >= 0.6 is 11.6 Å². The van der Waals surface area contributed by atoms with Gasteiger partial charge < -0.3 is 19.3 Å². The SMILES string of the molecule is COc1ccc(C(O)CCC2CCCO2)c(Cl)c1OC. The summed E-state index contributed by atoms with van der Waals surface area (Å²) in [5, 5.41) is 10.7. The molecule has 1 aromatic carbocycles. The van der Waals surface area contributed by atoms with Crippen molar-refractivity contribution in [3.8, 4) is 11.5 Å². The Bertz CT molecular complexity index is 444. The average Bonchev–Trinajstić information content (AvgIpc) is 2.97. The number of hydrogen-bond donors (Lipinski definition) is 1. The third kappa shape index (κ3) is 3.37. The van der Waals surface area contributed by atoms with Crippen LogP contribution in [0.3, 0.4) is 0 Å². The molecule has 1 saturated heterocycles. The van der Waals surface area contributed by atoms with Crippen LogP contribution in [-0.2, 0) is 4.74 Å². The Balaban J connectivity index is 2.06. The highest BCUT2D eigenvalue weighted by Gasteiger charge is 2.21. The van der Waals surface area contributed by atoms with Crippen molar-refractivity contribution in [3.63, 3.8) is 0 Å². The zero-order valence-corrected chi connectivity index (χ0v) is 12.7. The molecule has 2 atom stereocenters. The van der Waals surface area contributed by atoms with Crippen molar-refractivity contribution in [1.82, 2.24) is 0 Å². The van der Waals surface area contributed by atoms with Crippen LogP contribution in [0.15, 0.2) is 12.1 Å². The van der Waals surface area contributed by atoms with Crippen LogP contribution in [0.1, 0.15) is 37.4 Å². The molecule has 2 rings (SSSR count). The maximum absolute atomic E-state index is 10.3. The normalized spacial score (nSPS) is 19.9. The zero-order chi connectivity index (χ0) is 14.5. The molecule has 0 amide bonds. The van der Waals surface area contributed by atoms with Gasteiger partial charge in [0.05, 0.1) is 31.5 Å². The standard InChI is InChI=1S/C15H21ClO4/c1-18-13-8-6-11(14(16)15(13)19-2)12(17)7-5-10-4-3-9-20-10/h6,8,10,12,17H,3-5,7,9H2,1-2H3. The maximum atomic E-state index is 10.3. The number of ether oxygens (including phenoxy) is 3. The van der Waals surface area contributed by atoms with E-state index in [4.69, 9.17) is 25.8 Å². The molecule has 2 unspecified atom stereocenters. The second kappa shape index (κ2) is 7.16. The number of aliphatic hydroxyl groups is 1. The van der Waals surface area contributed by atoms with E-state index in [0.29, 0.717) is 28.5 Å². The van der Waals surface area contributed by atoms with E-state index in [1.807, 2.05) is 0 Å². The van der Waals surface area contributed by atoms with E-state index in [2.05, 4.69) is 0 Å². The minimum Gasteiger partial charge on any atom is -0.493 e. The summed E-state index contributed by atoms with van der Waals surface area (Å²) in [6.45, 7) is 0.831. The second-order valence-corrected chi connectivity index (χ2v) is 5.31. The lowest BCUT2D eigenvalue weighted by atomic mass is 10.0. The lowest BCUT2D eigenvalue weighted by Crippen LogP contribution is -2.08. The van der Waals surface area contributed by atoms with Crippen LogP contribution < -0.4 is 9.47 Å². The Hall–Kier alpha value is -0.970. The molecule has 0 aliphatic carbocycles. The van der Waals surface area contributed by atoms with E-state index in [1.165, 1.54) is 7.11 Å². The molecule has 5 heteroatoms. The lowest BCUT2D eigenvalue weighted by molar-refractivity contribution is 0.0812. The molecule has 1 aliphatic heterocycles. The lowest BCUT2D eigenvalue weighted by Gasteiger charge is -2.18. The van der Waals surface area contributed by atoms with E-state index >= 15 is 0 Å². The summed E-state index contributed by atoms with van der Waals surface area (Å²) in [4.78, 5) is 0. The van der Waals surface area contributed by atoms with Crippen LogP contribution in [0.5, 0.6) is 11.5 Å². The minimum atomic E-state index is -0.619. The van der Waals surface area contributed by atoms with Gasteiger partial charge in [-0.15, -0.1) is 0 Å². The Morgan fingerprint density at radius 3 is 2.80 bits per heavy atom. The molecule has 112 valence electrons. The number of methoxy groups -OCH3 is 2. The zero-order valence-electron chi connectivity index (χ0n) is 11.9. The highest BCUT2D eigenvalue weighted by Crippen LogP contribution is 2.40. The fourth-order valence-electron chi connectivity index (χ4n) is 2.53. The molecule has 20 heavy (non-hydrogen) atoms. The van der Waals surface area contributed by atoms with Gasteiger partial charge >= 0.3 is 0 Å². The quantitative estimate of drug-likeness (QED) is 0.875. The molecule has 1 aromatic rings. The second-order valence-electron chi connectivity index (χ2n) is 4.93. The highest BCUT2D eigenvalue weighted by atomic mass is 35.5. The fourth-order valence-corrected chi connectivity index (χ4v) is 2.89. The molecule has 0 saturated carbocycles. The van der Waals surface area contributed by atoms with Crippen LogP contribution in [0.25, 0.3) is 0 Å². The van der Waals surface area contributed by atoms with Gasteiger partial charge in [0.25, 0.3) is 0 Å². The number of benzene rings is 1. The van der Waals surface area contributed by atoms with Crippen LogP contribution in [0.2, 0.25) is 5.02 Å². The van der Waals surface area contributed by atoms with E-state index < -0.39 is 6.10 Å². The molecule has 0 spiro atoms. The summed E-state index contributed by atoms with van der Waals surface area (Å²) >= 11 is 6.29. The summed E-state index contributed by atoms with van der Waals surface area (Å²) in [6.07, 6.45) is 3.30. The van der Waals surface area contributed by atoms with Gasteiger partial charge in [-0.2, -0.15) is 0 Å². The van der Waals surface area contributed by atoms with Crippen LogP contribution in [-0.4, -0.2) is 32.0 Å². The Morgan fingerprint density at radius 2 is 2.20 bits per heavy atom. The van der Waals surface area contributed by atoms with Gasteiger partial charge in [-0.05, 0) is 31.7 Å². The molecule has 0 aromatic heterocycles. The largest absolute Gasteiger partial charge is 0.493 e. The van der Waals surface area contributed by atoms with E-state index in [9.17, 15) is 5.11 Å². The van der Waals surface area contributed by atoms with Crippen molar-refractivity contribution in [2.24, 2.45) is 0 Å². The summed E-state index contributed by atoms with van der Waals surface area (Å²) in [5.74, 6) is 1.02. The van der Waals surface area contributed by atoms with Gasteiger partial charge in [0.2, 0.25) is 0 Å². The van der Waals surface area contributed by atoms with Gasteiger partial charge in [-0.1, -0.05) is 17.7 Å². The number of halogens is 1. The topological polar surface area (TPSA) is 47.9 Å². The third-order valence-corrected chi connectivity index (χ3v) is 4.05. The predicted molar refractivity (Wildman–Crippen MR) is 77.7 cm³/mol. The van der Waals surface area contributed by atoms with Gasteiger partial charge in [0.1, 0.15) is 0 Å². The first-order chi connectivity index (χ1) is 9.67. The first-order valence-corrected chi connectivity index (χ1v) is 7.25. The van der Waals surface area contributed by atoms with E-state index in [1.54, 1.807) is 19.2 Å². The van der Waals surface area contributed by atoms with Crippen LogP contribution in [0, 0.1) is 0 Å². The first kappa shape index (κ1) is 15.4. The maximum Gasteiger partial charge on any atom is 0.179 e. The highest BCUT2D eigenvalue weighted by molar-refractivity contribution is 6.33. The molecular formula is C15H21ClO4. The number of aliphatic hydroxyl groups excluding tert-OH is 1. The van der Waals surface area contributed by atoms with Crippen LogP contribution in [0.4, 0.5) is 0 Å². The fraction of sp³-hybridized carbons (Fsp3) is 0.600. The van der Waals surface area contributed by atoms with E-state index in [0.717, 1.165) is 25.9 Å². The van der Waals surface area contributed by atoms with Gasteiger partial charge in [0, 0.05) is 12.2 Å². The minimum absolute atomic E-state index is 0.267. The Labute approximate surface area is 124 Å². The molecule has 1 aliphatic rings. The first-order valence-electron chi connectivity index (χ1n) is 6.87. The molecule has 1 N–H and O–H groups in total. The molecule has 0 bridgehead atoms. The van der Waals surface area contributed by atoms with Crippen molar-refractivity contribution >= 4 is 11.6 Å². The molecule has 1 heterocycles. The predicted octanol–water partition coefficient (Wildman–Crippen LogP) is 3.35. The summed E-state index contributed by atoms with van der Waals surface area (Å²) in [7, 11) is 3.09. The van der Waals surface area contributed by atoms with Crippen molar-refractivity contribution in [2.75, 3.05) is 20.8 Å².